The summed E-state index contributed by atoms with van der Waals surface area (Å²) in [5.41, 5.74) is 0. The van der Waals surface area contributed by atoms with Gasteiger partial charge in [-0.1, -0.05) is 0 Å². The maximum Gasteiger partial charge on any atom is 0.373 e. The molecule has 0 N–H and O–H groups in total. The summed E-state index contributed by atoms with van der Waals surface area (Å²) in [7, 11) is -2.25. The third-order valence-corrected chi connectivity index (χ3v) is 6.93. The van der Waals surface area contributed by atoms with Gasteiger partial charge < -0.3 is 13.9 Å². The first-order chi connectivity index (χ1) is 13.9. The number of ether oxygens (including phenoxy) is 2. The second-order valence-electron chi connectivity index (χ2n) is 6.71. The quantitative estimate of drug-likeness (QED) is 0.634. The molecule has 1 aromatic carbocycles. The molecule has 2 aromatic rings. The van der Waals surface area contributed by atoms with Crippen molar-refractivity contribution in [2.75, 3.05) is 39.9 Å². The van der Waals surface area contributed by atoms with Gasteiger partial charge >= 0.3 is 5.97 Å². The number of hydrogen-bond acceptors (Lipinski definition) is 7. The third kappa shape index (κ3) is 4.63. The van der Waals surface area contributed by atoms with Gasteiger partial charge in [0.2, 0.25) is 15.8 Å². The van der Waals surface area contributed by atoms with Crippen molar-refractivity contribution in [3.05, 3.63) is 47.9 Å². The van der Waals surface area contributed by atoms with Crippen LogP contribution in [0.15, 0.2) is 45.7 Å². The minimum Gasteiger partial charge on any atom is -0.494 e. The fourth-order valence-electron chi connectivity index (χ4n) is 3.32. The number of benzene rings is 1. The molecule has 0 saturated carbocycles. The summed E-state index contributed by atoms with van der Waals surface area (Å²) in [5.74, 6) is 0.934. The van der Waals surface area contributed by atoms with Gasteiger partial charge in [-0.25, -0.2) is 13.2 Å². The first-order valence-corrected chi connectivity index (χ1v) is 11.0. The molecule has 0 spiro atoms. The molecule has 158 valence electrons. The van der Waals surface area contributed by atoms with Crippen LogP contribution in [0.1, 0.15) is 36.2 Å². The highest BCUT2D eigenvalue weighted by Gasteiger charge is 2.31. The molecule has 1 fully saturated rings. The van der Waals surface area contributed by atoms with Gasteiger partial charge in [0, 0.05) is 26.2 Å². The fraction of sp³-hybridized carbons (Fsp3) is 0.450. The summed E-state index contributed by atoms with van der Waals surface area (Å²) >= 11 is 0. The first kappa shape index (κ1) is 21.4. The Morgan fingerprint density at radius 3 is 2.34 bits per heavy atom. The number of esters is 1. The molecule has 1 unspecified atom stereocenters. The molecule has 1 saturated heterocycles. The maximum absolute atomic E-state index is 12.9. The van der Waals surface area contributed by atoms with Crippen molar-refractivity contribution >= 4 is 16.0 Å². The molecule has 0 amide bonds. The van der Waals surface area contributed by atoms with E-state index in [1.807, 2.05) is 13.8 Å². The molecule has 0 bridgehead atoms. The fourth-order valence-corrected chi connectivity index (χ4v) is 4.74. The van der Waals surface area contributed by atoms with Crippen LogP contribution in [-0.4, -0.2) is 63.5 Å². The van der Waals surface area contributed by atoms with E-state index in [0.717, 1.165) is 0 Å². The first-order valence-electron chi connectivity index (χ1n) is 9.52. The van der Waals surface area contributed by atoms with Gasteiger partial charge in [0.15, 0.2) is 0 Å². The van der Waals surface area contributed by atoms with E-state index in [2.05, 4.69) is 9.64 Å². The lowest BCUT2D eigenvalue weighted by atomic mass is 10.2. The number of piperazine rings is 1. The minimum absolute atomic E-state index is 0.0799. The lowest BCUT2D eigenvalue weighted by Gasteiger charge is -2.36. The highest BCUT2D eigenvalue weighted by atomic mass is 32.2. The minimum atomic E-state index is -3.55. The van der Waals surface area contributed by atoms with Crippen molar-refractivity contribution in [1.82, 2.24) is 9.21 Å². The lowest BCUT2D eigenvalue weighted by Crippen LogP contribution is -2.49. The van der Waals surface area contributed by atoms with Crippen LogP contribution in [0.4, 0.5) is 0 Å². The van der Waals surface area contributed by atoms with E-state index in [-0.39, 0.29) is 16.7 Å². The van der Waals surface area contributed by atoms with Crippen molar-refractivity contribution in [2.45, 2.75) is 24.8 Å². The Labute approximate surface area is 171 Å². The van der Waals surface area contributed by atoms with Crippen molar-refractivity contribution in [2.24, 2.45) is 0 Å². The van der Waals surface area contributed by atoms with E-state index in [1.54, 1.807) is 36.4 Å². The van der Waals surface area contributed by atoms with Crippen LogP contribution < -0.4 is 4.74 Å². The normalized spacial score (nSPS) is 17.1. The molecule has 1 atom stereocenters. The molecule has 2 heterocycles. The maximum atomic E-state index is 12.9. The zero-order valence-electron chi connectivity index (χ0n) is 16.8. The zero-order valence-corrected chi connectivity index (χ0v) is 17.6. The Morgan fingerprint density at radius 1 is 1.10 bits per heavy atom. The summed E-state index contributed by atoms with van der Waals surface area (Å²) in [5, 5.41) is 0. The van der Waals surface area contributed by atoms with Gasteiger partial charge in [-0.15, -0.1) is 0 Å². The smallest absolute Gasteiger partial charge is 0.373 e. The van der Waals surface area contributed by atoms with Crippen LogP contribution in [0, 0.1) is 0 Å². The highest BCUT2D eigenvalue weighted by Crippen LogP contribution is 2.26. The van der Waals surface area contributed by atoms with Gasteiger partial charge in [0.1, 0.15) is 11.5 Å². The lowest BCUT2D eigenvalue weighted by molar-refractivity contribution is 0.0556. The van der Waals surface area contributed by atoms with Gasteiger partial charge in [-0.2, -0.15) is 4.31 Å². The van der Waals surface area contributed by atoms with Crippen LogP contribution in [0.3, 0.4) is 0 Å². The molecular formula is C20H26N2O6S. The number of nitrogens with zero attached hydrogens (tertiary/aromatic N) is 2. The Balaban J connectivity index is 1.63. The second kappa shape index (κ2) is 8.98. The van der Waals surface area contributed by atoms with Gasteiger partial charge in [0.25, 0.3) is 0 Å². The number of sulfonamides is 1. The van der Waals surface area contributed by atoms with Crippen LogP contribution in [0.25, 0.3) is 0 Å². The van der Waals surface area contributed by atoms with Crippen LogP contribution in [-0.2, 0) is 14.8 Å². The van der Waals surface area contributed by atoms with Crippen molar-refractivity contribution < 1.29 is 27.1 Å². The number of carbonyl (C=O) groups is 1. The molecule has 9 heteroatoms. The van der Waals surface area contributed by atoms with E-state index >= 15 is 0 Å². The van der Waals surface area contributed by atoms with Gasteiger partial charge in [-0.05, 0) is 50.2 Å². The Kier molecular flexibility index (Phi) is 6.61. The van der Waals surface area contributed by atoms with E-state index in [4.69, 9.17) is 9.15 Å². The molecule has 1 aromatic heterocycles. The molecule has 0 aliphatic carbocycles. The molecule has 8 nitrogen and oxygen atoms in total. The predicted octanol–water partition coefficient (Wildman–Crippen LogP) is 2.53. The topological polar surface area (TPSA) is 89.3 Å². The SMILES string of the molecule is CCOc1ccc(S(=O)(=O)N2CCN(C(C)c3ccc(C(=O)OC)o3)CC2)cc1. The van der Waals surface area contributed by atoms with E-state index in [9.17, 15) is 13.2 Å². The zero-order chi connectivity index (χ0) is 21.0. The number of rotatable bonds is 7. The summed E-state index contributed by atoms with van der Waals surface area (Å²) in [6.45, 7) is 6.26. The number of furan rings is 1. The van der Waals surface area contributed by atoms with Crippen molar-refractivity contribution in [3.8, 4) is 5.75 Å². The Morgan fingerprint density at radius 2 is 1.76 bits per heavy atom. The predicted molar refractivity (Wildman–Crippen MR) is 106 cm³/mol. The average molecular weight is 423 g/mol. The third-order valence-electron chi connectivity index (χ3n) is 5.02. The molecule has 1 aliphatic heterocycles. The van der Waals surface area contributed by atoms with Crippen LogP contribution in [0.5, 0.6) is 5.75 Å². The van der Waals surface area contributed by atoms with Crippen LogP contribution >= 0.6 is 0 Å². The molecule has 0 radical (unpaired) electrons. The molecule has 3 rings (SSSR count). The monoisotopic (exact) mass is 422 g/mol. The largest absolute Gasteiger partial charge is 0.494 e. The summed E-state index contributed by atoms with van der Waals surface area (Å²) in [6, 6.07) is 9.75. The summed E-state index contributed by atoms with van der Waals surface area (Å²) in [6.07, 6.45) is 0. The van der Waals surface area contributed by atoms with Gasteiger partial charge in [0.05, 0.1) is 24.7 Å². The van der Waals surface area contributed by atoms with E-state index in [1.165, 1.54) is 11.4 Å². The van der Waals surface area contributed by atoms with Gasteiger partial charge in [-0.3, -0.25) is 4.90 Å². The van der Waals surface area contributed by atoms with Crippen molar-refractivity contribution in [3.63, 3.8) is 0 Å². The average Bonchev–Trinajstić information content (AvgIpc) is 3.23. The summed E-state index contributed by atoms with van der Waals surface area (Å²) in [4.78, 5) is 13.9. The number of methoxy groups -OCH3 is 1. The molecule has 29 heavy (non-hydrogen) atoms. The second-order valence-corrected chi connectivity index (χ2v) is 8.65. The molecule has 1 aliphatic rings. The number of hydrogen-bond donors (Lipinski definition) is 0. The Hall–Kier alpha value is -2.36. The standard InChI is InChI=1S/C20H26N2O6S/c1-4-27-16-5-7-17(8-6-16)29(24,25)22-13-11-21(12-14-22)15(2)18-9-10-19(28-18)20(23)26-3/h5-10,15H,4,11-14H2,1-3H3. The van der Waals surface area contributed by atoms with E-state index in [0.29, 0.717) is 44.3 Å². The Bertz CT molecular complexity index is 930. The number of carbonyl (C=O) groups excluding carboxylic acids is 1. The summed E-state index contributed by atoms with van der Waals surface area (Å²) < 4.78 is 42.9. The molecular weight excluding hydrogens is 396 g/mol. The van der Waals surface area contributed by atoms with E-state index < -0.39 is 16.0 Å². The van der Waals surface area contributed by atoms with Crippen molar-refractivity contribution in [1.29, 1.82) is 0 Å². The van der Waals surface area contributed by atoms with Crippen LogP contribution in [0.2, 0.25) is 0 Å². The highest BCUT2D eigenvalue weighted by molar-refractivity contribution is 7.89.